The summed E-state index contributed by atoms with van der Waals surface area (Å²) in [7, 11) is 0. The normalized spacial score (nSPS) is 12.6. The van der Waals surface area contributed by atoms with Crippen LogP contribution in [0.5, 0.6) is 0 Å². The van der Waals surface area contributed by atoms with E-state index in [0.717, 1.165) is 17.1 Å². The summed E-state index contributed by atoms with van der Waals surface area (Å²) in [5.74, 6) is 0. The van der Waals surface area contributed by atoms with Gasteiger partial charge in [-0.1, -0.05) is 184 Å². The highest BCUT2D eigenvalue weighted by atomic mass is 15.1. The van der Waals surface area contributed by atoms with Crippen molar-refractivity contribution >= 4 is 27.8 Å². The minimum absolute atomic E-state index is 0.0857. The van der Waals surface area contributed by atoms with Crippen molar-refractivity contribution in [3.8, 4) is 55.6 Å². The molecule has 0 spiro atoms. The Bertz CT molecular complexity index is 2860. The molecule has 9 aromatic rings. The lowest BCUT2D eigenvalue weighted by Crippen LogP contribution is -2.16. The first-order valence-corrected chi connectivity index (χ1v) is 19.5. The van der Waals surface area contributed by atoms with E-state index in [2.05, 4.69) is 231 Å². The Labute approximate surface area is 329 Å². The summed E-state index contributed by atoms with van der Waals surface area (Å²) in [5.41, 5.74) is 18.5. The zero-order valence-corrected chi connectivity index (χ0v) is 31.7. The monoisotopic (exact) mass is 715 g/mol. The molecule has 0 aromatic heterocycles. The number of hydrogen-bond donors (Lipinski definition) is 0. The largest absolute Gasteiger partial charge is 0.310 e. The van der Waals surface area contributed by atoms with E-state index in [-0.39, 0.29) is 5.41 Å². The lowest BCUT2D eigenvalue weighted by Gasteiger charge is -2.27. The van der Waals surface area contributed by atoms with Gasteiger partial charge >= 0.3 is 0 Å². The molecule has 0 bridgehead atoms. The molecule has 1 aliphatic rings. The number of benzene rings is 9. The van der Waals surface area contributed by atoms with Gasteiger partial charge in [-0.2, -0.15) is 0 Å². The average molecular weight is 716 g/mol. The Hall–Kier alpha value is -6.96. The van der Waals surface area contributed by atoms with E-state index in [1.165, 1.54) is 77.5 Å². The molecule has 1 heteroatoms. The van der Waals surface area contributed by atoms with Gasteiger partial charge in [0.15, 0.2) is 0 Å². The van der Waals surface area contributed by atoms with Crippen molar-refractivity contribution in [2.24, 2.45) is 0 Å². The smallest absolute Gasteiger partial charge is 0.0467 e. The Morgan fingerprint density at radius 1 is 0.321 bits per heavy atom. The molecule has 0 aliphatic heterocycles. The van der Waals surface area contributed by atoms with Crippen molar-refractivity contribution in [1.29, 1.82) is 0 Å². The summed E-state index contributed by atoms with van der Waals surface area (Å²) in [5, 5.41) is 2.50. The summed E-state index contributed by atoms with van der Waals surface area (Å²) in [6, 6.07) is 77.5. The van der Waals surface area contributed by atoms with E-state index in [0.29, 0.717) is 0 Å². The predicted octanol–water partition coefficient (Wildman–Crippen LogP) is 15.3. The van der Waals surface area contributed by atoms with Gasteiger partial charge in [0.1, 0.15) is 0 Å². The standard InChI is InChI=1S/C55H41N/c1-55(2)53-27-9-8-23-51(53)52-26-13-25-50(54(52)55)41-30-34-46(35-31-41)56(47-21-11-20-44(37-47)49-24-12-17-40-16-6-7-22-48(40)49)45-32-28-39(29-33-45)43-19-10-18-42(36-43)38-14-4-3-5-15-38/h3-37H,1-2H3. The van der Waals surface area contributed by atoms with Crippen LogP contribution >= 0.6 is 0 Å². The van der Waals surface area contributed by atoms with Gasteiger partial charge in [0.2, 0.25) is 0 Å². The van der Waals surface area contributed by atoms with Crippen LogP contribution < -0.4 is 4.90 Å². The molecule has 0 fully saturated rings. The van der Waals surface area contributed by atoms with Crippen molar-refractivity contribution < 1.29 is 0 Å². The molecule has 9 aromatic carbocycles. The van der Waals surface area contributed by atoms with Gasteiger partial charge in [-0.25, -0.2) is 0 Å². The van der Waals surface area contributed by atoms with Gasteiger partial charge < -0.3 is 4.90 Å². The first-order chi connectivity index (χ1) is 27.5. The number of hydrogen-bond acceptors (Lipinski definition) is 1. The van der Waals surface area contributed by atoms with Gasteiger partial charge in [-0.3, -0.25) is 0 Å². The van der Waals surface area contributed by atoms with Gasteiger partial charge in [0.25, 0.3) is 0 Å². The maximum absolute atomic E-state index is 2.39. The second kappa shape index (κ2) is 13.7. The molecule has 0 radical (unpaired) electrons. The molecule has 0 amide bonds. The van der Waals surface area contributed by atoms with Crippen molar-refractivity contribution in [3.63, 3.8) is 0 Å². The molecule has 0 atom stereocenters. The van der Waals surface area contributed by atoms with Gasteiger partial charge in [-0.15, -0.1) is 0 Å². The molecule has 56 heavy (non-hydrogen) atoms. The third kappa shape index (κ3) is 5.81. The van der Waals surface area contributed by atoms with Crippen LogP contribution in [0.2, 0.25) is 0 Å². The fraction of sp³-hybridized carbons (Fsp3) is 0.0545. The maximum Gasteiger partial charge on any atom is 0.0467 e. The summed E-state index contributed by atoms with van der Waals surface area (Å²) in [6.45, 7) is 4.73. The van der Waals surface area contributed by atoms with E-state index in [4.69, 9.17) is 0 Å². The SMILES string of the molecule is CC1(C)c2ccccc2-c2cccc(-c3ccc(N(c4ccc(-c5cccc(-c6ccccc6)c5)cc4)c4cccc(-c5cccc6ccccc56)c4)cc3)c21. The molecular formula is C55H41N. The summed E-state index contributed by atoms with van der Waals surface area (Å²) < 4.78 is 0. The molecule has 0 unspecified atom stereocenters. The maximum atomic E-state index is 2.39. The van der Waals surface area contributed by atoms with Crippen LogP contribution in [0.3, 0.4) is 0 Å². The molecule has 266 valence electrons. The first-order valence-electron chi connectivity index (χ1n) is 19.5. The van der Waals surface area contributed by atoms with E-state index >= 15 is 0 Å². The minimum Gasteiger partial charge on any atom is -0.310 e. The molecule has 0 saturated carbocycles. The van der Waals surface area contributed by atoms with Gasteiger partial charge in [0.05, 0.1) is 0 Å². The van der Waals surface area contributed by atoms with Crippen molar-refractivity contribution in [3.05, 3.63) is 223 Å². The third-order valence-corrected chi connectivity index (χ3v) is 11.7. The summed E-state index contributed by atoms with van der Waals surface area (Å²) in [6.07, 6.45) is 0. The topological polar surface area (TPSA) is 3.24 Å². The number of rotatable bonds is 7. The molecule has 0 saturated heterocycles. The van der Waals surface area contributed by atoms with Crippen LogP contribution in [-0.2, 0) is 5.41 Å². The number of fused-ring (bicyclic) bond motifs is 4. The van der Waals surface area contributed by atoms with Crippen molar-refractivity contribution in [2.45, 2.75) is 19.3 Å². The highest BCUT2D eigenvalue weighted by Crippen LogP contribution is 2.52. The number of anilines is 3. The summed E-state index contributed by atoms with van der Waals surface area (Å²) >= 11 is 0. The molecular weight excluding hydrogens is 675 g/mol. The lowest BCUT2D eigenvalue weighted by molar-refractivity contribution is 0.662. The van der Waals surface area contributed by atoms with Crippen molar-refractivity contribution in [2.75, 3.05) is 4.90 Å². The summed E-state index contributed by atoms with van der Waals surface area (Å²) in [4.78, 5) is 2.39. The quantitative estimate of drug-likeness (QED) is 0.159. The van der Waals surface area contributed by atoms with Gasteiger partial charge in [0, 0.05) is 22.5 Å². The average Bonchev–Trinajstić information content (AvgIpc) is 3.50. The van der Waals surface area contributed by atoms with E-state index in [9.17, 15) is 0 Å². The van der Waals surface area contributed by atoms with Crippen LogP contribution in [-0.4, -0.2) is 0 Å². The Balaban J connectivity index is 1.06. The molecule has 1 nitrogen and oxygen atoms in total. The van der Waals surface area contributed by atoms with Crippen LogP contribution in [0.15, 0.2) is 212 Å². The second-order valence-corrected chi connectivity index (χ2v) is 15.4. The highest BCUT2D eigenvalue weighted by molar-refractivity contribution is 5.97. The predicted molar refractivity (Wildman–Crippen MR) is 238 cm³/mol. The Kier molecular flexibility index (Phi) is 8.23. The van der Waals surface area contributed by atoms with Crippen LogP contribution in [0.25, 0.3) is 66.4 Å². The molecule has 10 rings (SSSR count). The van der Waals surface area contributed by atoms with Crippen LogP contribution in [0.1, 0.15) is 25.0 Å². The second-order valence-electron chi connectivity index (χ2n) is 15.4. The third-order valence-electron chi connectivity index (χ3n) is 11.7. The zero-order chi connectivity index (χ0) is 37.6. The van der Waals surface area contributed by atoms with Crippen LogP contribution in [0.4, 0.5) is 17.1 Å². The van der Waals surface area contributed by atoms with Gasteiger partial charge in [-0.05, 0) is 120 Å². The molecule has 0 N–H and O–H groups in total. The molecule has 1 aliphatic carbocycles. The lowest BCUT2D eigenvalue weighted by atomic mass is 9.79. The molecule has 0 heterocycles. The highest BCUT2D eigenvalue weighted by Gasteiger charge is 2.37. The fourth-order valence-corrected chi connectivity index (χ4v) is 8.93. The Morgan fingerprint density at radius 3 is 1.62 bits per heavy atom. The van der Waals surface area contributed by atoms with Crippen LogP contribution in [0, 0.1) is 0 Å². The fourth-order valence-electron chi connectivity index (χ4n) is 8.93. The van der Waals surface area contributed by atoms with E-state index < -0.39 is 0 Å². The first kappa shape index (κ1) is 33.6. The Morgan fingerprint density at radius 2 is 0.839 bits per heavy atom. The zero-order valence-electron chi connectivity index (χ0n) is 31.7. The number of nitrogens with zero attached hydrogens (tertiary/aromatic N) is 1. The minimum atomic E-state index is -0.0857. The van der Waals surface area contributed by atoms with E-state index in [1.807, 2.05) is 0 Å². The van der Waals surface area contributed by atoms with E-state index in [1.54, 1.807) is 0 Å². The van der Waals surface area contributed by atoms with Crippen molar-refractivity contribution in [1.82, 2.24) is 0 Å².